The van der Waals surface area contributed by atoms with Gasteiger partial charge in [0.15, 0.2) is 0 Å². The summed E-state index contributed by atoms with van der Waals surface area (Å²) in [5.41, 5.74) is 1.48. The lowest BCUT2D eigenvalue weighted by atomic mass is 9.46. The number of fused-ring (bicyclic) bond motifs is 3. The minimum absolute atomic E-state index is 0.0236. The molecule has 4 nitrogen and oxygen atoms in total. The number of carboxylic acids is 2. The number of allylic oxidation sites excluding steroid dienone is 3. The molecule has 1 unspecified atom stereocenters. The fraction of sp³-hybridized carbons (Fsp3) is 0.632. The monoisotopic (exact) mass is 317 g/mol. The summed E-state index contributed by atoms with van der Waals surface area (Å²) in [6.07, 6.45) is 10.8. The van der Waals surface area contributed by atoms with Crippen molar-refractivity contribution in [3.63, 3.8) is 0 Å². The maximum Gasteiger partial charge on any atom is 0.328 e. The van der Waals surface area contributed by atoms with Gasteiger partial charge in [0.05, 0.1) is 5.41 Å². The molecular weight excluding hydrogens is 292 g/mol. The average molecular weight is 317 g/mol. The Labute approximate surface area is 137 Å². The molecule has 4 atom stereocenters. The first kappa shape index (κ1) is 16.3. The Morgan fingerprint density at radius 3 is 2.65 bits per heavy atom. The zero-order valence-corrected chi connectivity index (χ0v) is 13.8. The van der Waals surface area contributed by atoms with Gasteiger partial charge in [-0.3, -0.25) is 4.79 Å². The van der Waals surface area contributed by atoms with Crippen LogP contribution in [0.5, 0.6) is 0 Å². The van der Waals surface area contributed by atoms with Gasteiger partial charge >= 0.3 is 11.9 Å². The molecule has 0 aromatic heterocycles. The quantitative estimate of drug-likeness (QED) is 0.759. The largest absolute Gasteiger partial charge is 0.481 e. The summed E-state index contributed by atoms with van der Waals surface area (Å²) in [6, 6.07) is 0. The Morgan fingerprint density at radius 1 is 1.26 bits per heavy atom. The van der Waals surface area contributed by atoms with Crippen molar-refractivity contribution in [1.82, 2.24) is 0 Å². The van der Waals surface area contributed by atoms with Crippen molar-refractivity contribution in [2.75, 3.05) is 0 Å². The summed E-state index contributed by atoms with van der Waals surface area (Å²) >= 11 is 0. The summed E-state index contributed by atoms with van der Waals surface area (Å²) < 4.78 is 0. The van der Waals surface area contributed by atoms with E-state index in [2.05, 4.69) is 13.3 Å². The Bertz CT molecular complexity index is 602. The molecule has 0 aromatic carbocycles. The third kappa shape index (κ3) is 2.52. The predicted octanol–water partition coefficient (Wildman–Crippen LogP) is 3.84. The smallest absolute Gasteiger partial charge is 0.328 e. The van der Waals surface area contributed by atoms with Crippen LogP contribution in [0.25, 0.3) is 0 Å². The highest BCUT2D eigenvalue weighted by atomic mass is 16.4. The normalized spacial score (nSPS) is 41.7. The molecule has 125 valence electrons. The van der Waals surface area contributed by atoms with Crippen LogP contribution < -0.4 is 0 Å². The molecule has 0 saturated heterocycles. The second kappa shape index (κ2) is 5.50. The van der Waals surface area contributed by atoms with Crippen LogP contribution >= 0.6 is 0 Å². The molecule has 3 aliphatic rings. The number of carboxylic acid groups (broad SMARTS) is 2. The van der Waals surface area contributed by atoms with Crippen LogP contribution in [0.15, 0.2) is 23.3 Å². The van der Waals surface area contributed by atoms with E-state index < -0.39 is 17.4 Å². The number of rotatable bonds is 2. The van der Waals surface area contributed by atoms with Gasteiger partial charge in [-0.05, 0) is 68.3 Å². The molecule has 0 bridgehead atoms. The van der Waals surface area contributed by atoms with Gasteiger partial charge in [0.1, 0.15) is 0 Å². The number of hydrogen-bond acceptors (Lipinski definition) is 2. The fourth-order valence-electron chi connectivity index (χ4n) is 5.42. The molecule has 3 aliphatic carbocycles. The minimum Gasteiger partial charge on any atom is -0.481 e. The molecule has 4 heteroatoms. The lowest BCUT2D eigenvalue weighted by molar-refractivity contribution is -0.160. The van der Waals surface area contributed by atoms with Gasteiger partial charge in [0, 0.05) is 6.08 Å². The first-order valence-corrected chi connectivity index (χ1v) is 8.48. The van der Waals surface area contributed by atoms with E-state index in [0.29, 0.717) is 5.92 Å². The molecule has 1 radical (unpaired) electrons. The Kier molecular flexibility index (Phi) is 3.89. The molecule has 0 aromatic rings. The van der Waals surface area contributed by atoms with Crippen LogP contribution in [0.3, 0.4) is 0 Å². The number of hydrogen-bond donors (Lipinski definition) is 2. The van der Waals surface area contributed by atoms with E-state index in [4.69, 9.17) is 5.11 Å². The van der Waals surface area contributed by atoms with Crippen molar-refractivity contribution in [1.29, 1.82) is 0 Å². The topological polar surface area (TPSA) is 74.6 Å². The van der Waals surface area contributed by atoms with Gasteiger partial charge in [-0.1, -0.05) is 25.0 Å². The number of aliphatic carboxylic acids is 2. The van der Waals surface area contributed by atoms with E-state index in [-0.39, 0.29) is 11.3 Å². The van der Waals surface area contributed by atoms with Crippen molar-refractivity contribution < 1.29 is 19.8 Å². The summed E-state index contributed by atoms with van der Waals surface area (Å²) in [5.74, 6) is -1.11. The molecule has 2 fully saturated rings. The highest BCUT2D eigenvalue weighted by Gasteiger charge is 2.57. The number of carbonyl (C=O) groups is 2. The standard InChI is InChI=1S/C19H25O4/c1-18-8-3-9-19(2,17(22)23)15(18)7-5-13-10-12(11-16(20)21)4-6-14(13)18/h7,10-11,14-15H,3-6,8-9H2,1-2H3,(H,20,21)(H,22,23)/b12-11-/t14-,15?,18+,19-/m0/s1. The lowest BCUT2D eigenvalue weighted by Gasteiger charge is -2.58. The lowest BCUT2D eigenvalue weighted by Crippen LogP contribution is -2.54. The summed E-state index contributed by atoms with van der Waals surface area (Å²) in [7, 11) is 0. The first-order valence-electron chi connectivity index (χ1n) is 8.48. The maximum atomic E-state index is 11.9. The van der Waals surface area contributed by atoms with E-state index >= 15 is 0 Å². The second-order valence-corrected chi connectivity index (χ2v) is 7.87. The minimum atomic E-state index is -0.893. The van der Waals surface area contributed by atoms with Crippen LogP contribution in [-0.2, 0) is 9.59 Å². The van der Waals surface area contributed by atoms with Crippen molar-refractivity contribution in [2.24, 2.45) is 22.7 Å². The van der Waals surface area contributed by atoms with Gasteiger partial charge in [-0.2, -0.15) is 0 Å². The molecule has 2 N–H and O–H groups in total. The summed E-state index contributed by atoms with van der Waals surface area (Å²) in [5, 5.41) is 18.7. The molecule has 2 saturated carbocycles. The third-order valence-corrected chi connectivity index (χ3v) is 6.53. The van der Waals surface area contributed by atoms with Gasteiger partial charge in [0.2, 0.25) is 0 Å². The zero-order chi connectivity index (χ0) is 16.8. The van der Waals surface area contributed by atoms with Crippen LogP contribution in [0.2, 0.25) is 0 Å². The van der Waals surface area contributed by atoms with Crippen molar-refractivity contribution in [2.45, 2.75) is 52.4 Å². The van der Waals surface area contributed by atoms with Gasteiger partial charge in [-0.15, -0.1) is 0 Å². The maximum absolute atomic E-state index is 11.9. The molecule has 3 rings (SSSR count). The molecular formula is C19H25O4. The SMILES string of the molecule is C[C@]12CCC[C@](C)(C(=O)O)C1[CH]CC1=C/C(=C\C(=O)O)CC[C@@H]12. The Morgan fingerprint density at radius 2 is 2.00 bits per heavy atom. The van der Waals surface area contributed by atoms with E-state index in [1.807, 2.05) is 13.0 Å². The third-order valence-electron chi connectivity index (χ3n) is 6.53. The van der Waals surface area contributed by atoms with Gasteiger partial charge in [0.25, 0.3) is 0 Å². The van der Waals surface area contributed by atoms with Gasteiger partial charge < -0.3 is 10.2 Å². The van der Waals surface area contributed by atoms with Crippen molar-refractivity contribution in [3.05, 3.63) is 29.7 Å². The molecule has 23 heavy (non-hydrogen) atoms. The Balaban J connectivity index is 1.95. The fourth-order valence-corrected chi connectivity index (χ4v) is 5.42. The molecule has 0 aliphatic heterocycles. The van der Waals surface area contributed by atoms with E-state index in [9.17, 15) is 14.7 Å². The van der Waals surface area contributed by atoms with Crippen molar-refractivity contribution >= 4 is 11.9 Å². The zero-order valence-electron chi connectivity index (χ0n) is 13.8. The Hall–Kier alpha value is -1.58. The average Bonchev–Trinajstić information content (AvgIpc) is 2.46. The van der Waals surface area contributed by atoms with Crippen molar-refractivity contribution in [3.8, 4) is 0 Å². The van der Waals surface area contributed by atoms with E-state index in [0.717, 1.165) is 44.1 Å². The van der Waals surface area contributed by atoms with Crippen LogP contribution in [0.1, 0.15) is 52.4 Å². The predicted molar refractivity (Wildman–Crippen MR) is 86.6 cm³/mol. The van der Waals surface area contributed by atoms with Gasteiger partial charge in [-0.25, -0.2) is 4.79 Å². The summed E-state index contributed by atoms with van der Waals surface area (Å²) in [6.45, 7) is 4.15. The first-order chi connectivity index (χ1) is 10.8. The summed E-state index contributed by atoms with van der Waals surface area (Å²) in [4.78, 5) is 22.8. The van der Waals surface area contributed by atoms with Crippen LogP contribution in [-0.4, -0.2) is 22.2 Å². The van der Waals surface area contributed by atoms with E-state index in [1.165, 1.54) is 11.6 Å². The molecule has 0 amide bonds. The second-order valence-electron chi connectivity index (χ2n) is 7.87. The van der Waals surface area contributed by atoms with Crippen LogP contribution in [0, 0.1) is 29.1 Å². The molecule has 0 heterocycles. The van der Waals surface area contributed by atoms with E-state index in [1.54, 1.807) is 0 Å². The highest BCUT2D eigenvalue weighted by Crippen LogP contribution is 2.62. The molecule has 0 spiro atoms. The highest BCUT2D eigenvalue weighted by molar-refractivity contribution is 5.81. The van der Waals surface area contributed by atoms with Crippen LogP contribution in [0.4, 0.5) is 0 Å².